The van der Waals surface area contributed by atoms with Crippen molar-refractivity contribution in [3.8, 4) is 11.4 Å². The van der Waals surface area contributed by atoms with Crippen LogP contribution in [-0.4, -0.2) is 46.0 Å². The van der Waals surface area contributed by atoms with Gasteiger partial charge in [-0.2, -0.15) is 9.29 Å². The Morgan fingerprint density at radius 1 is 1.15 bits per heavy atom. The highest BCUT2D eigenvalue weighted by molar-refractivity contribution is 7.91. The molecular formula is C19H14Cl2N6O4S2. The number of halogens is 2. The molecule has 0 atom stereocenters. The molecule has 0 bridgehead atoms. The number of hydrogen-bond donors (Lipinski definition) is 1. The topological polar surface area (TPSA) is 131 Å². The molecule has 1 amide bonds. The molecule has 0 aliphatic heterocycles. The molecule has 1 N–H and O–H groups in total. The highest BCUT2D eigenvalue weighted by Crippen LogP contribution is 2.26. The maximum atomic E-state index is 12.9. The number of anilines is 1. The molecule has 0 saturated carbocycles. The standard InChI is InChI=1S/C19H14Cl2N6O4S2/c1-27(10-15-22-16(26-31-15)11-5-3-2-4-6-11)33(29,30)19-25-24-18(32-19)23-17(28)13-8-7-12(20)9-14(13)21/h2-9H,10H2,1H3,(H,23,24,28). The van der Waals surface area contributed by atoms with Crippen LogP contribution in [0.4, 0.5) is 5.13 Å². The molecule has 0 radical (unpaired) electrons. The van der Waals surface area contributed by atoms with Gasteiger partial charge in [0.15, 0.2) is 0 Å². The molecule has 0 unspecified atom stereocenters. The van der Waals surface area contributed by atoms with Gasteiger partial charge in [-0.15, -0.1) is 10.2 Å². The van der Waals surface area contributed by atoms with E-state index in [2.05, 4.69) is 25.7 Å². The minimum Gasteiger partial charge on any atom is -0.338 e. The van der Waals surface area contributed by atoms with E-state index in [0.717, 1.165) is 9.87 Å². The second-order valence-electron chi connectivity index (χ2n) is 6.59. The number of amides is 1. The van der Waals surface area contributed by atoms with E-state index in [1.54, 1.807) is 0 Å². The van der Waals surface area contributed by atoms with Crippen molar-refractivity contribution in [2.75, 3.05) is 12.4 Å². The van der Waals surface area contributed by atoms with E-state index >= 15 is 0 Å². The maximum absolute atomic E-state index is 12.9. The Morgan fingerprint density at radius 3 is 2.64 bits per heavy atom. The van der Waals surface area contributed by atoms with Gasteiger partial charge in [-0.25, -0.2) is 8.42 Å². The van der Waals surface area contributed by atoms with Crippen LogP contribution in [0.5, 0.6) is 0 Å². The molecule has 0 fully saturated rings. The summed E-state index contributed by atoms with van der Waals surface area (Å²) in [6, 6.07) is 13.5. The van der Waals surface area contributed by atoms with Crippen LogP contribution in [0, 0.1) is 0 Å². The molecule has 0 spiro atoms. The number of hydrogen-bond acceptors (Lipinski definition) is 9. The van der Waals surface area contributed by atoms with Crippen LogP contribution in [0.15, 0.2) is 57.4 Å². The number of nitrogens with zero attached hydrogens (tertiary/aromatic N) is 5. The van der Waals surface area contributed by atoms with E-state index in [-0.39, 0.29) is 32.5 Å². The van der Waals surface area contributed by atoms with Crippen LogP contribution >= 0.6 is 34.5 Å². The summed E-state index contributed by atoms with van der Waals surface area (Å²) in [5.41, 5.74) is 0.895. The fourth-order valence-electron chi connectivity index (χ4n) is 2.63. The summed E-state index contributed by atoms with van der Waals surface area (Å²) in [5.74, 6) is -0.127. The van der Waals surface area contributed by atoms with Crippen molar-refractivity contribution in [1.82, 2.24) is 24.6 Å². The van der Waals surface area contributed by atoms with E-state index in [1.165, 1.54) is 25.2 Å². The monoisotopic (exact) mass is 524 g/mol. The lowest BCUT2D eigenvalue weighted by Gasteiger charge is -2.11. The normalized spacial score (nSPS) is 11.6. The summed E-state index contributed by atoms with van der Waals surface area (Å²) in [6.45, 7) is -0.177. The van der Waals surface area contributed by atoms with Crippen LogP contribution in [0.3, 0.4) is 0 Å². The molecule has 10 nitrogen and oxygen atoms in total. The molecule has 0 aliphatic carbocycles. The molecule has 4 aromatic rings. The first-order chi connectivity index (χ1) is 15.7. The Morgan fingerprint density at radius 2 is 1.91 bits per heavy atom. The van der Waals surface area contributed by atoms with Gasteiger partial charge >= 0.3 is 0 Å². The number of carbonyl (C=O) groups excluding carboxylic acids is 1. The molecule has 4 rings (SSSR count). The zero-order chi connectivity index (χ0) is 23.6. The molecule has 2 heterocycles. The van der Waals surface area contributed by atoms with Crippen molar-refractivity contribution >= 4 is 55.6 Å². The second kappa shape index (κ2) is 9.53. The second-order valence-corrected chi connectivity index (χ2v) is 10.6. The highest BCUT2D eigenvalue weighted by Gasteiger charge is 2.28. The van der Waals surface area contributed by atoms with Gasteiger partial charge in [0.25, 0.3) is 15.9 Å². The predicted octanol–water partition coefficient (Wildman–Crippen LogP) is 3.97. The van der Waals surface area contributed by atoms with Crippen LogP contribution in [-0.2, 0) is 16.6 Å². The van der Waals surface area contributed by atoms with Crippen molar-refractivity contribution in [3.05, 3.63) is 70.0 Å². The van der Waals surface area contributed by atoms with E-state index in [0.29, 0.717) is 22.2 Å². The summed E-state index contributed by atoms with van der Waals surface area (Å²) in [7, 11) is -2.69. The van der Waals surface area contributed by atoms with Crippen molar-refractivity contribution < 1.29 is 17.7 Å². The zero-order valence-corrected chi connectivity index (χ0v) is 19.9. The SMILES string of the molecule is CN(Cc1nc(-c2ccccc2)no1)S(=O)(=O)c1nnc(NC(=O)c2ccc(Cl)cc2Cl)s1. The molecule has 0 saturated heterocycles. The van der Waals surface area contributed by atoms with Gasteiger partial charge < -0.3 is 4.52 Å². The molecule has 2 aromatic carbocycles. The minimum atomic E-state index is -4.03. The number of sulfonamides is 1. The fraction of sp³-hybridized carbons (Fsp3) is 0.105. The number of nitrogens with one attached hydrogen (secondary N) is 1. The summed E-state index contributed by atoms with van der Waals surface area (Å²) in [4.78, 5) is 16.6. The quantitative estimate of drug-likeness (QED) is 0.359. The Hall–Kier alpha value is -2.90. The lowest BCUT2D eigenvalue weighted by molar-refractivity contribution is 0.102. The fourth-order valence-corrected chi connectivity index (χ4v) is 5.33. The predicted molar refractivity (Wildman–Crippen MR) is 123 cm³/mol. The third-order valence-corrected chi connectivity index (χ3v) is 7.83. The summed E-state index contributed by atoms with van der Waals surface area (Å²) in [5, 5.41) is 14.3. The molecule has 14 heteroatoms. The summed E-state index contributed by atoms with van der Waals surface area (Å²) < 4.78 is 31.6. The van der Waals surface area contributed by atoms with E-state index in [1.807, 2.05) is 30.3 Å². The van der Waals surface area contributed by atoms with Gasteiger partial charge in [0.1, 0.15) is 0 Å². The Kier molecular flexibility index (Phi) is 6.72. The molecular weight excluding hydrogens is 511 g/mol. The lowest BCUT2D eigenvalue weighted by atomic mass is 10.2. The van der Waals surface area contributed by atoms with E-state index in [9.17, 15) is 13.2 Å². The molecule has 170 valence electrons. The first-order valence-electron chi connectivity index (χ1n) is 9.18. The van der Waals surface area contributed by atoms with Gasteiger partial charge in [-0.1, -0.05) is 70.0 Å². The van der Waals surface area contributed by atoms with Crippen LogP contribution in [0.1, 0.15) is 16.2 Å². The first-order valence-corrected chi connectivity index (χ1v) is 12.2. The Balaban J connectivity index is 1.45. The molecule has 2 aromatic heterocycles. The third-order valence-electron chi connectivity index (χ3n) is 4.29. The van der Waals surface area contributed by atoms with Crippen LogP contribution < -0.4 is 5.32 Å². The average Bonchev–Trinajstić information content (AvgIpc) is 3.44. The van der Waals surface area contributed by atoms with Crippen LogP contribution in [0.25, 0.3) is 11.4 Å². The summed E-state index contributed by atoms with van der Waals surface area (Å²) in [6.07, 6.45) is 0. The van der Waals surface area contributed by atoms with Crippen LogP contribution in [0.2, 0.25) is 10.0 Å². The van der Waals surface area contributed by atoms with Crippen molar-refractivity contribution in [3.63, 3.8) is 0 Å². The van der Waals surface area contributed by atoms with E-state index in [4.69, 9.17) is 27.7 Å². The smallest absolute Gasteiger partial charge is 0.272 e. The van der Waals surface area contributed by atoms with Gasteiger partial charge in [0, 0.05) is 17.6 Å². The van der Waals surface area contributed by atoms with Crippen molar-refractivity contribution in [1.29, 1.82) is 0 Å². The zero-order valence-electron chi connectivity index (χ0n) is 16.8. The van der Waals surface area contributed by atoms with Gasteiger partial charge in [0.05, 0.1) is 17.1 Å². The van der Waals surface area contributed by atoms with E-state index < -0.39 is 15.9 Å². The Labute approximate surface area is 202 Å². The van der Waals surface area contributed by atoms with Crippen molar-refractivity contribution in [2.45, 2.75) is 10.9 Å². The Bertz CT molecular complexity index is 1410. The summed E-state index contributed by atoms with van der Waals surface area (Å²) >= 11 is 12.6. The minimum absolute atomic E-state index is 0.0119. The average molecular weight is 525 g/mol. The van der Waals surface area contributed by atoms with Crippen molar-refractivity contribution in [2.24, 2.45) is 0 Å². The number of carbonyl (C=O) groups is 1. The first kappa shape index (κ1) is 23.3. The maximum Gasteiger partial charge on any atom is 0.272 e. The highest BCUT2D eigenvalue weighted by atomic mass is 35.5. The lowest BCUT2D eigenvalue weighted by Crippen LogP contribution is -2.26. The van der Waals surface area contributed by atoms with Gasteiger partial charge in [-0.3, -0.25) is 10.1 Å². The third kappa shape index (κ3) is 5.20. The number of aromatic nitrogens is 4. The van der Waals surface area contributed by atoms with Gasteiger partial charge in [-0.05, 0) is 18.2 Å². The molecule has 0 aliphatic rings. The number of rotatable bonds is 7. The largest absolute Gasteiger partial charge is 0.338 e. The molecule has 33 heavy (non-hydrogen) atoms. The van der Waals surface area contributed by atoms with Gasteiger partial charge in [0.2, 0.25) is 21.2 Å². The number of benzene rings is 2.